The molecule has 3 aliphatic rings. The summed E-state index contributed by atoms with van der Waals surface area (Å²) in [7, 11) is 0. The highest BCUT2D eigenvalue weighted by Gasteiger charge is 2.64. The normalized spacial score (nSPS) is 28.5. The molecular formula is C24H37N5O2. The Morgan fingerprint density at radius 2 is 1.58 bits per heavy atom. The maximum absolute atomic E-state index is 13.1. The minimum atomic E-state index is -0.391. The molecule has 4 rings (SSSR count). The third-order valence-corrected chi connectivity index (χ3v) is 8.24. The van der Waals surface area contributed by atoms with Crippen LogP contribution in [0.5, 0.6) is 0 Å². The molecule has 1 aromatic heterocycles. The van der Waals surface area contributed by atoms with Gasteiger partial charge < -0.3 is 4.90 Å². The lowest BCUT2D eigenvalue weighted by Gasteiger charge is -2.47. The van der Waals surface area contributed by atoms with E-state index in [1.54, 1.807) is 4.90 Å². The van der Waals surface area contributed by atoms with Gasteiger partial charge >= 0.3 is 0 Å². The predicted molar refractivity (Wildman–Crippen MR) is 121 cm³/mol. The lowest BCUT2D eigenvalue weighted by Crippen LogP contribution is -2.59. The Bertz CT molecular complexity index is 841. The fraction of sp³-hybridized carbons (Fsp3) is 0.750. The van der Waals surface area contributed by atoms with E-state index in [0.717, 1.165) is 75.7 Å². The highest BCUT2D eigenvalue weighted by molar-refractivity contribution is 6.03. The van der Waals surface area contributed by atoms with Crippen LogP contribution in [-0.4, -0.2) is 70.9 Å². The van der Waals surface area contributed by atoms with Crippen molar-refractivity contribution in [1.82, 2.24) is 19.8 Å². The van der Waals surface area contributed by atoms with E-state index in [2.05, 4.69) is 40.5 Å². The summed E-state index contributed by atoms with van der Waals surface area (Å²) in [5.74, 6) is 0.950. The molecule has 0 radical (unpaired) electrons. The number of hydrogen-bond acceptors (Lipinski definition) is 6. The first-order valence-electron chi connectivity index (χ1n) is 11.8. The number of amides is 2. The van der Waals surface area contributed by atoms with Crippen LogP contribution < -0.4 is 4.90 Å². The smallest absolute Gasteiger partial charge is 0.235 e. The number of piperazine rings is 1. The zero-order valence-electron chi connectivity index (χ0n) is 19.8. The molecule has 170 valence electrons. The van der Waals surface area contributed by atoms with Gasteiger partial charge in [0.2, 0.25) is 17.8 Å². The van der Waals surface area contributed by atoms with Gasteiger partial charge in [-0.15, -0.1) is 0 Å². The first kappa shape index (κ1) is 22.2. The van der Waals surface area contributed by atoms with Crippen molar-refractivity contribution in [3.8, 4) is 0 Å². The number of anilines is 1. The second kappa shape index (κ2) is 8.15. The van der Waals surface area contributed by atoms with Crippen LogP contribution in [0.2, 0.25) is 0 Å². The Hall–Kier alpha value is -2.02. The number of likely N-dealkylation sites (tertiary alicyclic amines) is 1. The molecule has 7 heteroatoms. The second-order valence-corrected chi connectivity index (χ2v) is 10.4. The van der Waals surface area contributed by atoms with E-state index in [0.29, 0.717) is 6.54 Å². The number of carbonyl (C=O) groups is 2. The highest BCUT2D eigenvalue weighted by Crippen LogP contribution is 2.60. The monoisotopic (exact) mass is 427 g/mol. The molecule has 2 unspecified atom stereocenters. The zero-order valence-corrected chi connectivity index (χ0v) is 19.8. The highest BCUT2D eigenvalue weighted by atomic mass is 16.2. The van der Waals surface area contributed by atoms with Crippen molar-refractivity contribution in [2.45, 2.75) is 60.3 Å². The van der Waals surface area contributed by atoms with Crippen molar-refractivity contribution in [1.29, 1.82) is 0 Å². The van der Waals surface area contributed by atoms with E-state index in [9.17, 15) is 9.59 Å². The number of hydrogen-bond donors (Lipinski definition) is 0. The van der Waals surface area contributed by atoms with Gasteiger partial charge in [-0.3, -0.25) is 19.4 Å². The Balaban J connectivity index is 1.23. The molecule has 0 aromatic carbocycles. The molecule has 31 heavy (non-hydrogen) atoms. The largest absolute Gasteiger partial charge is 0.338 e. The van der Waals surface area contributed by atoms with E-state index in [-0.39, 0.29) is 23.1 Å². The summed E-state index contributed by atoms with van der Waals surface area (Å²) in [6.45, 7) is 15.7. The van der Waals surface area contributed by atoms with Gasteiger partial charge in [-0.1, -0.05) is 20.8 Å². The Morgan fingerprint density at radius 1 is 0.968 bits per heavy atom. The molecular weight excluding hydrogens is 390 g/mol. The topological polar surface area (TPSA) is 69.6 Å². The molecule has 0 spiro atoms. The summed E-state index contributed by atoms with van der Waals surface area (Å²) in [4.78, 5) is 41.5. The van der Waals surface area contributed by atoms with Gasteiger partial charge in [0.05, 0.1) is 5.41 Å². The maximum Gasteiger partial charge on any atom is 0.235 e. The fourth-order valence-corrected chi connectivity index (χ4v) is 5.74. The molecule has 3 heterocycles. The van der Waals surface area contributed by atoms with Crippen LogP contribution in [0.15, 0.2) is 6.07 Å². The molecule has 1 saturated carbocycles. The van der Waals surface area contributed by atoms with Gasteiger partial charge in [0.1, 0.15) is 0 Å². The number of carbonyl (C=O) groups excluding carboxylic acids is 2. The van der Waals surface area contributed by atoms with Crippen LogP contribution >= 0.6 is 0 Å². The third-order valence-electron chi connectivity index (χ3n) is 8.24. The number of nitrogens with zero attached hydrogens (tertiary/aromatic N) is 5. The number of imide groups is 1. The van der Waals surface area contributed by atoms with Gasteiger partial charge in [0.25, 0.3) is 0 Å². The molecule has 2 saturated heterocycles. The molecule has 2 bridgehead atoms. The number of unbranched alkanes of at least 4 members (excludes halogenated alkanes) is 1. The van der Waals surface area contributed by atoms with Crippen molar-refractivity contribution >= 4 is 17.8 Å². The summed E-state index contributed by atoms with van der Waals surface area (Å²) >= 11 is 0. The summed E-state index contributed by atoms with van der Waals surface area (Å²) in [5, 5.41) is 0. The Labute approximate surface area is 186 Å². The van der Waals surface area contributed by atoms with Gasteiger partial charge in [-0.2, -0.15) is 0 Å². The van der Waals surface area contributed by atoms with E-state index in [4.69, 9.17) is 0 Å². The summed E-state index contributed by atoms with van der Waals surface area (Å²) in [6.07, 6.45) is 3.56. The number of rotatable bonds is 6. The lowest BCUT2D eigenvalue weighted by molar-refractivity contribution is -0.167. The molecule has 2 atom stereocenters. The van der Waals surface area contributed by atoms with Crippen molar-refractivity contribution in [3.63, 3.8) is 0 Å². The minimum absolute atomic E-state index is 0.00393. The predicted octanol–water partition coefficient (Wildman–Crippen LogP) is 2.81. The SMILES string of the molecule is Cc1cc(C)nc(N2CCN(CCCCN3C(=O)C4CCC(C)(C3=O)C4(C)C)CC2)n1. The van der Waals surface area contributed by atoms with Crippen molar-refractivity contribution in [3.05, 3.63) is 17.5 Å². The zero-order chi connectivity index (χ0) is 22.4. The number of aryl methyl sites for hydroxylation is 2. The van der Waals surface area contributed by atoms with Crippen LogP contribution in [0.25, 0.3) is 0 Å². The molecule has 2 aliphatic heterocycles. The van der Waals surface area contributed by atoms with E-state index < -0.39 is 5.41 Å². The maximum atomic E-state index is 13.1. The molecule has 2 amide bonds. The van der Waals surface area contributed by atoms with Crippen LogP contribution in [0, 0.1) is 30.6 Å². The molecule has 0 N–H and O–H groups in total. The van der Waals surface area contributed by atoms with E-state index in [1.165, 1.54) is 0 Å². The molecule has 7 nitrogen and oxygen atoms in total. The number of aromatic nitrogens is 2. The minimum Gasteiger partial charge on any atom is -0.338 e. The molecule has 3 fully saturated rings. The van der Waals surface area contributed by atoms with Gasteiger partial charge in [-0.05, 0) is 57.6 Å². The second-order valence-electron chi connectivity index (χ2n) is 10.4. The van der Waals surface area contributed by atoms with Crippen LogP contribution in [0.1, 0.15) is 57.8 Å². The standard InChI is InChI=1S/C24H37N5O2/c1-17-16-18(2)26-22(25-17)28-14-12-27(13-15-28)10-6-7-11-29-20(30)19-8-9-24(5,21(29)31)23(19,3)4/h16,19H,6-15H2,1-5H3. The van der Waals surface area contributed by atoms with Crippen LogP contribution in [0.3, 0.4) is 0 Å². The van der Waals surface area contributed by atoms with Crippen LogP contribution in [0.4, 0.5) is 5.95 Å². The van der Waals surface area contributed by atoms with E-state index >= 15 is 0 Å². The summed E-state index contributed by atoms with van der Waals surface area (Å²) in [5.41, 5.74) is 1.41. The van der Waals surface area contributed by atoms with Gasteiger partial charge in [0.15, 0.2) is 0 Å². The first-order valence-corrected chi connectivity index (χ1v) is 11.8. The summed E-state index contributed by atoms with van der Waals surface area (Å²) < 4.78 is 0. The van der Waals surface area contributed by atoms with Crippen molar-refractivity contribution < 1.29 is 9.59 Å². The van der Waals surface area contributed by atoms with Crippen molar-refractivity contribution in [2.75, 3.05) is 44.2 Å². The molecule has 1 aromatic rings. The Morgan fingerprint density at radius 3 is 2.23 bits per heavy atom. The fourth-order valence-electron chi connectivity index (χ4n) is 5.74. The van der Waals surface area contributed by atoms with Gasteiger partial charge in [0, 0.05) is 50.0 Å². The lowest BCUT2D eigenvalue weighted by atomic mass is 9.62. The Kier molecular flexibility index (Phi) is 5.83. The summed E-state index contributed by atoms with van der Waals surface area (Å²) in [6, 6.07) is 2.00. The van der Waals surface area contributed by atoms with Crippen molar-refractivity contribution in [2.24, 2.45) is 16.7 Å². The molecule has 1 aliphatic carbocycles. The quantitative estimate of drug-likeness (QED) is 0.514. The first-order chi connectivity index (χ1) is 14.6. The van der Waals surface area contributed by atoms with Gasteiger partial charge in [-0.25, -0.2) is 9.97 Å². The van der Waals surface area contributed by atoms with E-state index in [1.807, 2.05) is 19.9 Å². The third kappa shape index (κ3) is 3.86. The number of piperidine rings is 1. The number of fused-ring (bicyclic) bond motifs is 2. The average Bonchev–Trinajstić information content (AvgIpc) is 2.90. The van der Waals surface area contributed by atoms with Crippen LogP contribution in [-0.2, 0) is 9.59 Å². The average molecular weight is 428 g/mol.